The fourth-order valence-corrected chi connectivity index (χ4v) is 3.33. The van der Waals surface area contributed by atoms with Crippen LogP contribution in [-0.4, -0.2) is 41.6 Å². The highest BCUT2D eigenvalue weighted by atomic mass is 127. The van der Waals surface area contributed by atoms with Gasteiger partial charge in [0, 0.05) is 38.0 Å². The van der Waals surface area contributed by atoms with Crippen molar-refractivity contribution in [3.63, 3.8) is 0 Å². The Balaban J connectivity index is 0.00000225. The minimum Gasteiger partial charge on any atom is -0.381 e. The number of ether oxygens (including phenoxy) is 1. The second kappa shape index (κ2) is 8.09. The highest BCUT2D eigenvalue weighted by Gasteiger charge is 2.48. The van der Waals surface area contributed by atoms with Crippen LogP contribution in [0, 0.1) is 5.41 Å². The summed E-state index contributed by atoms with van der Waals surface area (Å²) in [5, 5.41) is 7.49. The summed E-state index contributed by atoms with van der Waals surface area (Å²) >= 11 is 6.00. The molecule has 3 rings (SSSR count). The molecule has 0 bridgehead atoms. The van der Waals surface area contributed by atoms with Gasteiger partial charge in [-0.15, -0.1) is 24.0 Å². The van der Waals surface area contributed by atoms with Gasteiger partial charge >= 0.3 is 0 Å². The summed E-state index contributed by atoms with van der Waals surface area (Å²) in [6, 6.07) is 4.08. The summed E-state index contributed by atoms with van der Waals surface area (Å²) in [5.74, 6) is 0.776. The monoisotopic (exact) mass is 477 g/mol. The normalized spacial score (nSPS) is 22.2. The van der Waals surface area contributed by atoms with E-state index in [1.165, 1.54) is 0 Å². The van der Waals surface area contributed by atoms with Crippen LogP contribution in [0.5, 0.6) is 0 Å². The van der Waals surface area contributed by atoms with Crippen LogP contribution >= 0.6 is 35.6 Å². The number of hydrogen-bond acceptors (Lipinski definition) is 3. The van der Waals surface area contributed by atoms with Gasteiger partial charge < -0.3 is 19.8 Å². The molecule has 2 heterocycles. The molecule has 0 aromatic carbocycles. The van der Waals surface area contributed by atoms with Crippen molar-refractivity contribution < 1.29 is 4.74 Å². The number of guanidine groups is 1. The molecule has 2 atom stereocenters. The van der Waals surface area contributed by atoms with Crippen LogP contribution in [0.2, 0.25) is 5.02 Å². The minimum atomic E-state index is 0. The number of imidazole rings is 1. The molecule has 138 valence electrons. The van der Waals surface area contributed by atoms with Crippen LogP contribution in [0.15, 0.2) is 29.5 Å². The van der Waals surface area contributed by atoms with Crippen molar-refractivity contribution in [2.24, 2.45) is 10.4 Å². The predicted molar refractivity (Wildman–Crippen MR) is 112 cm³/mol. The van der Waals surface area contributed by atoms with Crippen molar-refractivity contribution in [1.82, 2.24) is 20.0 Å². The van der Waals surface area contributed by atoms with Gasteiger partial charge in [0.2, 0.25) is 0 Å². The number of fused-ring (bicyclic) bond motifs is 1. The molecular formula is C17H25ClIN5O. The lowest BCUT2D eigenvalue weighted by Gasteiger charge is -2.51. The molecular weight excluding hydrogens is 453 g/mol. The fourth-order valence-electron chi connectivity index (χ4n) is 3.17. The highest BCUT2D eigenvalue weighted by molar-refractivity contribution is 14.0. The van der Waals surface area contributed by atoms with Crippen molar-refractivity contribution >= 4 is 47.2 Å². The summed E-state index contributed by atoms with van der Waals surface area (Å²) in [4.78, 5) is 8.87. The SMILES string of the molecule is CN=C(NCc1cn2cc(Cl)ccc2n1)NC1CC(OC)C1(C)C.I. The number of rotatable bonds is 4. The second-order valence-electron chi connectivity index (χ2n) is 6.75. The molecule has 1 aliphatic carbocycles. The van der Waals surface area contributed by atoms with Crippen LogP contribution < -0.4 is 10.6 Å². The van der Waals surface area contributed by atoms with E-state index in [1.54, 1.807) is 14.2 Å². The van der Waals surface area contributed by atoms with Gasteiger partial charge in [-0.05, 0) is 18.6 Å². The number of halogens is 2. The Kier molecular flexibility index (Phi) is 6.56. The van der Waals surface area contributed by atoms with Gasteiger partial charge in [0.25, 0.3) is 0 Å². The molecule has 0 amide bonds. The summed E-state index contributed by atoms with van der Waals surface area (Å²) in [7, 11) is 3.55. The van der Waals surface area contributed by atoms with E-state index in [9.17, 15) is 0 Å². The van der Waals surface area contributed by atoms with E-state index >= 15 is 0 Å². The molecule has 1 saturated carbocycles. The first-order chi connectivity index (χ1) is 11.4. The van der Waals surface area contributed by atoms with E-state index in [1.807, 2.05) is 28.9 Å². The molecule has 2 aromatic heterocycles. The van der Waals surface area contributed by atoms with E-state index in [4.69, 9.17) is 16.3 Å². The Morgan fingerprint density at radius 2 is 2.20 bits per heavy atom. The van der Waals surface area contributed by atoms with E-state index in [0.717, 1.165) is 23.7 Å². The zero-order chi connectivity index (χ0) is 17.3. The second-order valence-corrected chi connectivity index (χ2v) is 7.19. The molecule has 6 nitrogen and oxygen atoms in total. The summed E-state index contributed by atoms with van der Waals surface area (Å²) in [6.45, 7) is 5.02. The molecule has 25 heavy (non-hydrogen) atoms. The molecule has 0 spiro atoms. The lowest BCUT2D eigenvalue weighted by Crippen LogP contribution is -2.63. The first kappa shape index (κ1) is 20.3. The molecule has 2 aromatic rings. The molecule has 2 unspecified atom stereocenters. The maximum atomic E-state index is 6.00. The zero-order valence-corrected chi connectivity index (χ0v) is 18.0. The molecule has 8 heteroatoms. The van der Waals surface area contributed by atoms with Crippen molar-refractivity contribution in [2.45, 2.75) is 39.0 Å². The smallest absolute Gasteiger partial charge is 0.191 e. The zero-order valence-electron chi connectivity index (χ0n) is 14.9. The van der Waals surface area contributed by atoms with Crippen LogP contribution in [-0.2, 0) is 11.3 Å². The molecule has 0 saturated heterocycles. The molecule has 1 fully saturated rings. The largest absolute Gasteiger partial charge is 0.381 e. The van der Waals surface area contributed by atoms with E-state index in [2.05, 4.69) is 34.5 Å². The molecule has 0 aliphatic heterocycles. The first-order valence-corrected chi connectivity index (χ1v) is 8.45. The van der Waals surface area contributed by atoms with Gasteiger partial charge in [0.15, 0.2) is 5.96 Å². The molecule has 0 radical (unpaired) electrons. The Bertz CT molecular complexity index is 761. The van der Waals surface area contributed by atoms with Gasteiger partial charge in [-0.3, -0.25) is 4.99 Å². The summed E-state index contributed by atoms with van der Waals surface area (Å²) in [6.07, 6.45) is 5.09. The van der Waals surface area contributed by atoms with Gasteiger partial charge in [-0.1, -0.05) is 25.4 Å². The van der Waals surface area contributed by atoms with Gasteiger partial charge in [0.05, 0.1) is 23.4 Å². The van der Waals surface area contributed by atoms with Crippen molar-refractivity contribution in [3.8, 4) is 0 Å². The highest BCUT2D eigenvalue weighted by Crippen LogP contribution is 2.42. The van der Waals surface area contributed by atoms with E-state index in [0.29, 0.717) is 17.6 Å². The van der Waals surface area contributed by atoms with Crippen molar-refractivity contribution in [1.29, 1.82) is 0 Å². The van der Waals surface area contributed by atoms with Gasteiger partial charge in [-0.25, -0.2) is 4.98 Å². The average Bonchev–Trinajstić information content (AvgIpc) is 2.95. The van der Waals surface area contributed by atoms with Crippen LogP contribution in [0.25, 0.3) is 5.65 Å². The Labute approximate surface area is 170 Å². The van der Waals surface area contributed by atoms with Gasteiger partial charge in [0.1, 0.15) is 5.65 Å². The third-order valence-electron chi connectivity index (χ3n) is 4.90. The number of pyridine rings is 1. The fraction of sp³-hybridized carbons (Fsp3) is 0.529. The van der Waals surface area contributed by atoms with Crippen molar-refractivity contribution in [3.05, 3.63) is 35.2 Å². The lowest BCUT2D eigenvalue weighted by atomic mass is 9.64. The summed E-state index contributed by atoms with van der Waals surface area (Å²) < 4.78 is 7.42. The number of methoxy groups -OCH3 is 1. The van der Waals surface area contributed by atoms with E-state index in [-0.39, 0.29) is 35.5 Å². The number of aliphatic imine (C=N–C) groups is 1. The maximum absolute atomic E-state index is 6.00. The van der Waals surface area contributed by atoms with Crippen LogP contribution in [0.3, 0.4) is 0 Å². The third-order valence-corrected chi connectivity index (χ3v) is 5.12. The number of nitrogens with zero attached hydrogens (tertiary/aromatic N) is 3. The quantitative estimate of drug-likeness (QED) is 0.404. The van der Waals surface area contributed by atoms with Crippen LogP contribution in [0.4, 0.5) is 0 Å². The van der Waals surface area contributed by atoms with Crippen molar-refractivity contribution in [2.75, 3.05) is 14.2 Å². The number of hydrogen-bond donors (Lipinski definition) is 2. The van der Waals surface area contributed by atoms with Crippen LogP contribution in [0.1, 0.15) is 26.0 Å². The molecule has 2 N–H and O–H groups in total. The Morgan fingerprint density at radius 1 is 1.44 bits per heavy atom. The maximum Gasteiger partial charge on any atom is 0.191 e. The lowest BCUT2D eigenvalue weighted by molar-refractivity contribution is -0.0922. The number of nitrogens with one attached hydrogen (secondary N) is 2. The minimum absolute atomic E-state index is 0. The van der Waals surface area contributed by atoms with E-state index < -0.39 is 0 Å². The Morgan fingerprint density at radius 3 is 2.84 bits per heavy atom. The summed E-state index contributed by atoms with van der Waals surface area (Å²) in [5.41, 5.74) is 1.90. The average molecular weight is 478 g/mol. The standard InChI is InChI=1S/C17H24ClN5O.HI/c1-17(2)13(7-14(17)24-4)22-16(19-3)20-8-12-10-23-9-11(18)5-6-15(23)21-12;/h5-6,9-10,13-14H,7-8H2,1-4H3,(H2,19,20,22);1H. The topological polar surface area (TPSA) is 63.0 Å². The third kappa shape index (κ3) is 4.20. The predicted octanol–water partition coefficient (Wildman–Crippen LogP) is 3.08. The molecule has 1 aliphatic rings. The number of aromatic nitrogens is 2. The Hall–Kier alpha value is -1.06. The van der Waals surface area contributed by atoms with Gasteiger partial charge in [-0.2, -0.15) is 0 Å². The first-order valence-electron chi connectivity index (χ1n) is 8.07.